The number of pyridine rings is 2. The molecular weight excluding hydrogens is 596 g/mol. The summed E-state index contributed by atoms with van der Waals surface area (Å²) in [7, 11) is 0. The number of hydrogen-bond acceptors (Lipinski definition) is 6. The minimum Gasteiger partial charge on any atom is -0.351 e. The van der Waals surface area contributed by atoms with E-state index in [1.807, 2.05) is 6.07 Å². The third kappa shape index (κ3) is 5.89. The van der Waals surface area contributed by atoms with Gasteiger partial charge >= 0.3 is 0 Å². The summed E-state index contributed by atoms with van der Waals surface area (Å²) >= 11 is 12.6. The molecule has 2 aliphatic rings. The molecule has 14 heteroatoms. The zero-order valence-corrected chi connectivity index (χ0v) is 23.1. The predicted octanol–water partition coefficient (Wildman–Crippen LogP) is 4.98. The van der Waals surface area contributed by atoms with Gasteiger partial charge in [-0.1, -0.05) is 29.3 Å². The number of amides is 3. The number of carbonyl (C=O) groups excluding carboxylic acids is 3. The number of halogens is 5. The number of hydrogen-bond donors (Lipinski definition) is 1. The van der Waals surface area contributed by atoms with E-state index in [0.29, 0.717) is 0 Å². The molecule has 1 saturated carbocycles. The van der Waals surface area contributed by atoms with Crippen LogP contribution in [0.5, 0.6) is 0 Å². The quantitative estimate of drug-likeness (QED) is 0.400. The molecule has 5 rings (SSSR count). The Balaban J connectivity index is 1.62. The van der Waals surface area contributed by atoms with Crippen molar-refractivity contribution in [3.63, 3.8) is 0 Å². The molecule has 9 nitrogen and oxygen atoms in total. The van der Waals surface area contributed by atoms with Crippen LogP contribution in [0.1, 0.15) is 42.9 Å². The first kappa shape index (κ1) is 29.3. The van der Waals surface area contributed by atoms with Crippen molar-refractivity contribution in [1.82, 2.24) is 15.3 Å². The Labute approximate surface area is 247 Å². The standard InChI is InChI=1S/C28H21Cl2F3N6O3/c29-16-1-2-20(21(30)8-16)25(26(41)37-18-10-28(32,33)11-18)38(19-9-17(31)13-35-14-19)27(42)22-3-4-24(40)39(22)23-7-15(12-34)5-6-36-23/h1-2,5-9,13-14,18,22,25H,3-4,10-11H2,(H,37,41)/t22?,25-/m0/s1. The average molecular weight is 617 g/mol. The summed E-state index contributed by atoms with van der Waals surface area (Å²) in [6.07, 6.45) is 2.12. The van der Waals surface area contributed by atoms with Gasteiger partial charge in [-0.15, -0.1) is 0 Å². The molecule has 3 aromatic rings. The first-order valence-electron chi connectivity index (χ1n) is 12.7. The third-order valence-electron chi connectivity index (χ3n) is 7.02. The fraction of sp³-hybridized carbons (Fsp3) is 0.286. The zero-order valence-electron chi connectivity index (χ0n) is 21.6. The summed E-state index contributed by atoms with van der Waals surface area (Å²) < 4.78 is 41.7. The molecule has 3 heterocycles. The Hall–Kier alpha value is -4.21. The van der Waals surface area contributed by atoms with E-state index >= 15 is 0 Å². The molecule has 0 bridgehead atoms. The van der Waals surface area contributed by atoms with E-state index in [1.54, 1.807) is 0 Å². The molecular formula is C28H21Cl2F3N6O3. The second-order valence-electron chi connectivity index (χ2n) is 9.94. The Kier molecular flexibility index (Phi) is 8.08. The van der Waals surface area contributed by atoms with Crippen LogP contribution < -0.4 is 15.1 Å². The van der Waals surface area contributed by atoms with Crippen LogP contribution in [-0.2, 0) is 14.4 Å². The fourth-order valence-electron chi connectivity index (χ4n) is 5.09. The van der Waals surface area contributed by atoms with Gasteiger partial charge in [-0.3, -0.25) is 29.2 Å². The Morgan fingerprint density at radius 2 is 1.93 bits per heavy atom. The zero-order chi connectivity index (χ0) is 30.2. The SMILES string of the molecule is N#Cc1ccnc(N2C(=O)CCC2C(=O)N(c2cncc(F)c2)[C@H](C(=O)NC2CC(F)(F)C2)c2ccc(Cl)cc2Cl)c1. The number of nitriles is 1. The Bertz CT molecular complexity index is 1610. The van der Waals surface area contributed by atoms with Crippen molar-refractivity contribution in [2.75, 3.05) is 9.80 Å². The molecule has 0 radical (unpaired) electrons. The summed E-state index contributed by atoms with van der Waals surface area (Å²) in [5.74, 6) is -5.87. The van der Waals surface area contributed by atoms with Gasteiger partial charge in [0.05, 0.1) is 29.7 Å². The van der Waals surface area contributed by atoms with Crippen molar-refractivity contribution in [3.8, 4) is 6.07 Å². The summed E-state index contributed by atoms with van der Waals surface area (Å²) in [5, 5.41) is 12.1. The molecule has 2 aromatic heterocycles. The van der Waals surface area contributed by atoms with Crippen LogP contribution >= 0.6 is 23.2 Å². The van der Waals surface area contributed by atoms with E-state index in [4.69, 9.17) is 23.2 Å². The topological polar surface area (TPSA) is 119 Å². The van der Waals surface area contributed by atoms with E-state index in [9.17, 15) is 32.8 Å². The highest BCUT2D eigenvalue weighted by Crippen LogP contribution is 2.40. The average Bonchev–Trinajstić information content (AvgIpc) is 3.32. The summed E-state index contributed by atoms with van der Waals surface area (Å²) in [5.41, 5.74) is 0.116. The number of aromatic nitrogens is 2. The van der Waals surface area contributed by atoms with E-state index in [1.165, 1.54) is 36.5 Å². The smallest absolute Gasteiger partial charge is 0.252 e. The summed E-state index contributed by atoms with van der Waals surface area (Å²) in [6.45, 7) is 0. The highest BCUT2D eigenvalue weighted by atomic mass is 35.5. The second-order valence-corrected chi connectivity index (χ2v) is 10.8. The van der Waals surface area contributed by atoms with E-state index < -0.39 is 60.4 Å². The highest BCUT2D eigenvalue weighted by molar-refractivity contribution is 6.35. The van der Waals surface area contributed by atoms with Crippen LogP contribution in [0, 0.1) is 17.1 Å². The first-order valence-corrected chi connectivity index (χ1v) is 13.5. The van der Waals surface area contributed by atoms with Crippen LogP contribution in [0.4, 0.5) is 24.7 Å². The van der Waals surface area contributed by atoms with E-state index in [0.717, 1.165) is 28.3 Å². The molecule has 0 spiro atoms. The number of nitrogens with one attached hydrogen (secondary N) is 1. The normalized spacial score (nSPS) is 18.6. The monoisotopic (exact) mass is 616 g/mol. The molecule has 1 aliphatic heterocycles. The van der Waals surface area contributed by atoms with Crippen LogP contribution in [0.15, 0.2) is 55.0 Å². The number of nitrogens with zero attached hydrogens (tertiary/aromatic N) is 5. The van der Waals surface area contributed by atoms with Gasteiger partial charge < -0.3 is 5.32 Å². The molecule has 2 atom stereocenters. The van der Waals surface area contributed by atoms with Crippen molar-refractivity contribution < 1.29 is 27.6 Å². The first-order chi connectivity index (χ1) is 20.0. The van der Waals surface area contributed by atoms with Gasteiger partial charge in [0, 0.05) is 53.2 Å². The van der Waals surface area contributed by atoms with Crippen LogP contribution in [0.3, 0.4) is 0 Å². The molecule has 1 aromatic carbocycles. The van der Waals surface area contributed by atoms with Crippen molar-refractivity contribution in [3.05, 3.63) is 82.0 Å². The van der Waals surface area contributed by atoms with Gasteiger partial charge in [0.25, 0.3) is 11.8 Å². The van der Waals surface area contributed by atoms with Gasteiger partial charge in [0.15, 0.2) is 0 Å². The van der Waals surface area contributed by atoms with Crippen molar-refractivity contribution >= 4 is 52.4 Å². The number of carbonyl (C=O) groups is 3. The molecule has 3 amide bonds. The maximum atomic E-state index is 14.5. The minimum absolute atomic E-state index is 0.00685. The second kappa shape index (κ2) is 11.6. The number of anilines is 2. The Morgan fingerprint density at radius 1 is 1.17 bits per heavy atom. The van der Waals surface area contributed by atoms with E-state index in [2.05, 4.69) is 15.3 Å². The molecule has 1 N–H and O–H groups in total. The minimum atomic E-state index is -2.94. The maximum absolute atomic E-state index is 14.5. The third-order valence-corrected chi connectivity index (χ3v) is 7.59. The fourth-order valence-corrected chi connectivity index (χ4v) is 5.60. The lowest BCUT2D eigenvalue weighted by atomic mass is 9.87. The lowest BCUT2D eigenvalue weighted by Gasteiger charge is -2.39. The lowest BCUT2D eigenvalue weighted by Crippen LogP contribution is -2.56. The van der Waals surface area contributed by atoms with Gasteiger partial charge in [-0.25, -0.2) is 18.2 Å². The largest absolute Gasteiger partial charge is 0.351 e. The summed E-state index contributed by atoms with van der Waals surface area (Å²) in [4.78, 5) is 51.3. The highest BCUT2D eigenvalue weighted by Gasteiger charge is 2.48. The summed E-state index contributed by atoms with van der Waals surface area (Å²) in [6, 6.07) is 6.15. The maximum Gasteiger partial charge on any atom is 0.252 e. The molecule has 1 aliphatic carbocycles. The van der Waals surface area contributed by atoms with Gasteiger partial charge in [-0.2, -0.15) is 5.26 Å². The van der Waals surface area contributed by atoms with Gasteiger partial charge in [-0.05, 0) is 30.7 Å². The Morgan fingerprint density at radius 3 is 2.60 bits per heavy atom. The van der Waals surface area contributed by atoms with Gasteiger partial charge in [0.2, 0.25) is 11.8 Å². The number of alkyl halides is 2. The van der Waals surface area contributed by atoms with Crippen molar-refractivity contribution in [2.45, 2.75) is 49.7 Å². The van der Waals surface area contributed by atoms with Crippen molar-refractivity contribution in [2.24, 2.45) is 0 Å². The number of rotatable bonds is 7. The van der Waals surface area contributed by atoms with Crippen LogP contribution in [0.2, 0.25) is 10.0 Å². The van der Waals surface area contributed by atoms with Crippen LogP contribution in [-0.4, -0.2) is 45.7 Å². The van der Waals surface area contributed by atoms with Crippen molar-refractivity contribution in [1.29, 1.82) is 5.26 Å². The molecule has 1 unspecified atom stereocenters. The van der Waals surface area contributed by atoms with E-state index in [-0.39, 0.29) is 45.5 Å². The van der Waals surface area contributed by atoms with Gasteiger partial charge in [0.1, 0.15) is 23.7 Å². The number of benzene rings is 1. The molecule has 216 valence electrons. The molecule has 2 fully saturated rings. The molecule has 1 saturated heterocycles. The predicted molar refractivity (Wildman–Crippen MR) is 146 cm³/mol. The van der Waals surface area contributed by atoms with Crippen LogP contribution in [0.25, 0.3) is 0 Å². The molecule has 42 heavy (non-hydrogen) atoms. The lowest BCUT2D eigenvalue weighted by molar-refractivity contribution is -0.133.